The number of amides is 1. The summed E-state index contributed by atoms with van der Waals surface area (Å²) < 4.78 is 0. The molecule has 0 radical (unpaired) electrons. The lowest BCUT2D eigenvalue weighted by Crippen LogP contribution is -2.27. The first-order valence-electron chi connectivity index (χ1n) is 5.78. The fourth-order valence-electron chi connectivity index (χ4n) is 1.73. The van der Waals surface area contributed by atoms with Gasteiger partial charge in [-0.05, 0) is 30.3 Å². The molecule has 98 valence electrons. The number of hydrogen-bond donors (Lipinski definition) is 1. The summed E-state index contributed by atoms with van der Waals surface area (Å²) in [6.07, 6.45) is 1.70. The number of rotatable bonds is 3. The number of halogens is 1. The van der Waals surface area contributed by atoms with E-state index in [1.807, 2.05) is 18.2 Å². The molecule has 0 spiro atoms. The Morgan fingerprint density at radius 2 is 2.16 bits per heavy atom. The Bertz CT molecular complexity index is 586. The first-order valence-corrected chi connectivity index (χ1v) is 6.16. The summed E-state index contributed by atoms with van der Waals surface area (Å²) in [6, 6.07) is 10.4. The van der Waals surface area contributed by atoms with E-state index in [1.54, 1.807) is 36.3 Å². The Morgan fingerprint density at radius 3 is 2.84 bits per heavy atom. The van der Waals surface area contributed by atoms with Gasteiger partial charge < -0.3 is 10.6 Å². The Balaban J connectivity index is 2.17. The third kappa shape index (κ3) is 3.23. The van der Waals surface area contributed by atoms with Crippen molar-refractivity contribution in [3.63, 3.8) is 0 Å². The van der Waals surface area contributed by atoms with Crippen LogP contribution in [0.5, 0.6) is 0 Å². The van der Waals surface area contributed by atoms with Gasteiger partial charge >= 0.3 is 0 Å². The summed E-state index contributed by atoms with van der Waals surface area (Å²) in [4.78, 5) is 18.0. The monoisotopic (exact) mass is 275 g/mol. The number of anilines is 1. The standard InChI is InChI=1S/C14H14ClN3O/c1-18(9-11-4-2-3-7-17-11)14(19)12-8-10(15)5-6-13(12)16/h2-8H,9,16H2,1H3. The molecule has 2 N–H and O–H groups in total. The molecule has 0 aliphatic rings. The van der Waals surface area contributed by atoms with E-state index < -0.39 is 0 Å². The van der Waals surface area contributed by atoms with Gasteiger partial charge in [0.2, 0.25) is 0 Å². The molecule has 1 aromatic heterocycles. The minimum Gasteiger partial charge on any atom is -0.398 e. The van der Waals surface area contributed by atoms with Crippen molar-refractivity contribution in [2.75, 3.05) is 12.8 Å². The summed E-state index contributed by atoms with van der Waals surface area (Å²) in [5, 5.41) is 0.490. The topological polar surface area (TPSA) is 59.2 Å². The number of pyridine rings is 1. The van der Waals surface area contributed by atoms with Crippen LogP contribution in [0.25, 0.3) is 0 Å². The molecule has 2 aromatic rings. The van der Waals surface area contributed by atoms with Crippen molar-refractivity contribution in [3.05, 3.63) is 58.9 Å². The molecular weight excluding hydrogens is 262 g/mol. The molecule has 0 saturated carbocycles. The third-order valence-electron chi connectivity index (χ3n) is 2.72. The predicted molar refractivity (Wildman–Crippen MR) is 75.9 cm³/mol. The van der Waals surface area contributed by atoms with E-state index in [9.17, 15) is 4.79 Å². The van der Waals surface area contributed by atoms with Gasteiger partial charge in [0.25, 0.3) is 5.91 Å². The molecule has 5 heteroatoms. The van der Waals surface area contributed by atoms with Gasteiger partial charge in [0.05, 0.1) is 17.8 Å². The molecule has 1 aromatic carbocycles. The lowest BCUT2D eigenvalue weighted by Gasteiger charge is -2.17. The maximum absolute atomic E-state index is 12.3. The number of nitrogens with two attached hydrogens (primary N) is 1. The third-order valence-corrected chi connectivity index (χ3v) is 2.95. The van der Waals surface area contributed by atoms with Crippen LogP contribution in [-0.4, -0.2) is 22.8 Å². The van der Waals surface area contributed by atoms with Crippen LogP contribution in [-0.2, 0) is 6.54 Å². The summed E-state index contributed by atoms with van der Waals surface area (Å²) in [7, 11) is 1.71. The van der Waals surface area contributed by atoms with Crippen molar-refractivity contribution < 1.29 is 4.79 Å². The van der Waals surface area contributed by atoms with Gasteiger partial charge in [-0.2, -0.15) is 0 Å². The molecule has 4 nitrogen and oxygen atoms in total. The molecule has 2 rings (SSSR count). The van der Waals surface area contributed by atoms with Crippen LogP contribution in [0.15, 0.2) is 42.6 Å². The second-order valence-electron chi connectivity index (χ2n) is 4.21. The second-order valence-corrected chi connectivity index (χ2v) is 4.65. The number of hydrogen-bond acceptors (Lipinski definition) is 3. The van der Waals surface area contributed by atoms with Gasteiger partial charge in [-0.1, -0.05) is 17.7 Å². The Kier molecular flexibility index (Phi) is 4.02. The molecule has 0 fully saturated rings. The van der Waals surface area contributed by atoms with E-state index in [0.717, 1.165) is 5.69 Å². The number of nitrogen functional groups attached to an aromatic ring is 1. The fraction of sp³-hybridized carbons (Fsp3) is 0.143. The number of benzene rings is 1. The van der Waals surface area contributed by atoms with Crippen molar-refractivity contribution in [2.24, 2.45) is 0 Å². The van der Waals surface area contributed by atoms with Gasteiger partial charge in [-0.25, -0.2) is 0 Å². The van der Waals surface area contributed by atoms with Crippen molar-refractivity contribution in [2.45, 2.75) is 6.54 Å². The number of aromatic nitrogens is 1. The van der Waals surface area contributed by atoms with E-state index in [0.29, 0.717) is 22.8 Å². The fourth-order valence-corrected chi connectivity index (χ4v) is 1.90. The Labute approximate surface area is 116 Å². The van der Waals surface area contributed by atoms with Gasteiger partial charge in [0.15, 0.2) is 0 Å². The van der Waals surface area contributed by atoms with Gasteiger partial charge in [0, 0.05) is 24.0 Å². The van der Waals surface area contributed by atoms with Gasteiger partial charge in [-0.3, -0.25) is 9.78 Å². The molecule has 1 amide bonds. The Hall–Kier alpha value is -2.07. The molecule has 0 saturated heterocycles. The molecule has 1 heterocycles. The summed E-state index contributed by atoms with van der Waals surface area (Å²) >= 11 is 5.89. The average Bonchev–Trinajstić information content (AvgIpc) is 2.42. The zero-order valence-electron chi connectivity index (χ0n) is 10.5. The van der Waals surface area contributed by atoms with Crippen molar-refractivity contribution >= 4 is 23.2 Å². The molecule has 19 heavy (non-hydrogen) atoms. The average molecular weight is 276 g/mol. The minimum absolute atomic E-state index is 0.175. The van der Waals surface area contributed by atoms with E-state index in [1.165, 1.54) is 0 Å². The lowest BCUT2D eigenvalue weighted by molar-refractivity contribution is 0.0784. The molecular formula is C14H14ClN3O. The van der Waals surface area contributed by atoms with Crippen LogP contribution >= 0.6 is 11.6 Å². The first kappa shape index (κ1) is 13.4. The van der Waals surface area contributed by atoms with Crippen LogP contribution in [0.2, 0.25) is 5.02 Å². The summed E-state index contributed by atoms with van der Waals surface area (Å²) in [5.41, 5.74) is 7.45. The zero-order chi connectivity index (χ0) is 13.8. The number of carbonyl (C=O) groups excluding carboxylic acids is 1. The highest BCUT2D eigenvalue weighted by atomic mass is 35.5. The van der Waals surface area contributed by atoms with E-state index >= 15 is 0 Å². The van der Waals surface area contributed by atoms with Crippen molar-refractivity contribution in [1.82, 2.24) is 9.88 Å². The van der Waals surface area contributed by atoms with E-state index in [2.05, 4.69) is 4.98 Å². The second kappa shape index (κ2) is 5.71. The first-order chi connectivity index (χ1) is 9.08. The molecule has 0 bridgehead atoms. The highest BCUT2D eigenvalue weighted by Crippen LogP contribution is 2.19. The normalized spacial score (nSPS) is 10.2. The molecule has 0 unspecified atom stereocenters. The van der Waals surface area contributed by atoms with Crippen molar-refractivity contribution in [3.8, 4) is 0 Å². The zero-order valence-corrected chi connectivity index (χ0v) is 11.3. The smallest absolute Gasteiger partial charge is 0.256 e. The maximum Gasteiger partial charge on any atom is 0.256 e. The quantitative estimate of drug-likeness (QED) is 0.876. The predicted octanol–water partition coefficient (Wildman–Crippen LogP) is 2.59. The van der Waals surface area contributed by atoms with Crippen LogP contribution in [0.3, 0.4) is 0 Å². The van der Waals surface area contributed by atoms with Crippen LogP contribution in [0.4, 0.5) is 5.69 Å². The Morgan fingerprint density at radius 1 is 1.37 bits per heavy atom. The van der Waals surface area contributed by atoms with E-state index in [-0.39, 0.29) is 5.91 Å². The summed E-state index contributed by atoms with van der Waals surface area (Å²) in [6.45, 7) is 0.422. The maximum atomic E-state index is 12.3. The van der Waals surface area contributed by atoms with Crippen LogP contribution in [0.1, 0.15) is 16.1 Å². The molecule has 0 aliphatic carbocycles. The SMILES string of the molecule is CN(Cc1ccccn1)C(=O)c1cc(Cl)ccc1N. The number of nitrogens with zero attached hydrogens (tertiary/aromatic N) is 2. The summed E-state index contributed by atoms with van der Waals surface area (Å²) in [5.74, 6) is -0.175. The largest absolute Gasteiger partial charge is 0.398 e. The van der Waals surface area contributed by atoms with Crippen molar-refractivity contribution in [1.29, 1.82) is 0 Å². The van der Waals surface area contributed by atoms with Crippen LogP contribution in [0, 0.1) is 0 Å². The van der Waals surface area contributed by atoms with Crippen LogP contribution < -0.4 is 5.73 Å². The van der Waals surface area contributed by atoms with Gasteiger partial charge in [-0.15, -0.1) is 0 Å². The highest BCUT2D eigenvalue weighted by Gasteiger charge is 2.15. The molecule has 0 atom stereocenters. The van der Waals surface area contributed by atoms with Gasteiger partial charge in [0.1, 0.15) is 0 Å². The minimum atomic E-state index is -0.175. The van der Waals surface area contributed by atoms with E-state index in [4.69, 9.17) is 17.3 Å². The number of carbonyl (C=O) groups is 1. The highest BCUT2D eigenvalue weighted by molar-refractivity contribution is 6.31. The molecule has 0 aliphatic heterocycles. The lowest BCUT2D eigenvalue weighted by atomic mass is 10.1.